The summed E-state index contributed by atoms with van der Waals surface area (Å²) in [6.45, 7) is 18.3. The topological polar surface area (TPSA) is 90.7 Å². The third-order valence-corrected chi connectivity index (χ3v) is 5.48. The van der Waals surface area contributed by atoms with Crippen LogP contribution >= 0.6 is 0 Å². The molecule has 9 nitrogen and oxygen atoms in total. The van der Waals surface area contributed by atoms with Crippen LogP contribution < -0.4 is 16.2 Å². The van der Waals surface area contributed by atoms with Gasteiger partial charge in [0.15, 0.2) is 11.2 Å². The molecule has 1 fully saturated rings. The average Bonchev–Trinajstić information content (AvgIpc) is 3.18. The Kier molecular flexibility index (Phi) is 5.89. The molecule has 1 saturated heterocycles. The maximum absolute atomic E-state index is 13.6. The summed E-state index contributed by atoms with van der Waals surface area (Å²) in [5.74, 6) is 6.48. The van der Waals surface area contributed by atoms with Crippen LogP contribution in [0.4, 0.5) is 17.6 Å². The van der Waals surface area contributed by atoms with Crippen molar-refractivity contribution in [3.8, 4) is 11.8 Å². The third kappa shape index (κ3) is 3.92. The van der Waals surface area contributed by atoms with Gasteiger partial charge in [0.2, 0.25) is 11.6 Å². The molecule has 1 atom stereocenters. The first-order chi connectivity index (χ1) is 15.5. The molecule has 2 aromatic heterocycles. The van der Waals surface area contributed by atoms with Crippen molar-refractivity contribution >= 4 is 28.7 Å². The van der Waals surface area contributed by atoms with E-state index in [2.05, 4.69) is 36.4 Å². The molecule has 2 N–H and O–H groups in total. The fourth-order valence-corrected chi connectivity index (χ4v) is 3.92. The van der Waals surface area contributed by atoms with E-state index in [9.17, 15) is 4.79 Å². The largest absolute Gasteiger partial charge is 0.396 e. The average molecular weight is 426 g/mol. The minimum absolute atomic E-state index is 0.0233. The van der Waals surface area contributed by atoms with Crippen LogP contribution in [0.2, 0.25) is 0 Å². The maximum atomic E-state index is 13.6. The number of anilines is 1. The predicted octanol–water partition coefficient (Wildman–Crippen LogP) is 2.69. The Morgan fingerprint density at radius 1 is 1.19 bits per heavy atom. The zero-order chi connectivity index (χ0) is 22.7. The van der Waals surface area contributed by atoms with Crippen LogP contribution in [-0.4, -0.2) is 38.2 Å². The first kappa shape index (κ1) is 21.1. The van der Waals surface area contributed by atoms with E-state index in [4.69, 9.17) is 18.9 Å². The summed E-state index contributed by atoms with van der Waals surface area (Å²) in [6, 6.07) is 6.97. The quantitative estimate of drug-likeness (QED) is 0.512. The molecule has 1 aliphatic rings. The van der Waals surface area contributed by atoms with Crippen LogP contribution in [0.1, 0.15) is 25.3 Å². The summed E-state index contributed by atoms with van der Waals surface area (Å²) in [6.07, 6.45) is 1.89. The Morgan fingerprint density at radius 3 is 2.62 bits per heavy atom. The van der Waals surface area contributed by atoms with E-state index in [0.29, 0.717) is 30.2 Å². The van der Waals surface area contributed by atoms with E-state index >= 15 is 0 Å². The standard InChI is InChI=1S/C23H22N8O/c1-4-5-13-30-19-20(28-23(30)29-12-6-7-17(24)15-29)27-22(26-3)31(21(19)32)14-16-8-10-18(25-2)11-9-16/h8-11,17H,6-7,12-15,24H2,1H3. The monoisotopic (exact) mass is 426 g/mol. The zero-order valence-corrected chi connectivity index (χ0v) is 17.7. The zero-order valence-electron chi connectivity index (χ0n) is 17.7. The van der Waals surface area contributed by atoms with Gasteiger partial charge in [-0.3, -0.25) is 9.13 Å². The third-order valence-electron chi connectivity index (χ3n) is 5.48. The van der Waals surface area contributed by atoms with Gasteiger partial charge in [0, 0.05) is 19.1 Å². The number of piperidine rings is 1. The minimum atomic E-state index is -0.340. The fraction of sp³-hybridized carbons (Fsp3) is 0.348. The van der Waals surface area contributed by atoms with Gasteiger partial charge in [0.25, 0.3) is 0 Å². The first-order valence-corrected chi connectivity index (χ1v) is 10.3. The van der Waals surface area contributed by atoms with Crippen molar-refractivity contribution in [3.05, 3.63) is 63.0 Å². The van der Waals surface area contributed by atoms with Gasteiger partial charge in [-0.05, 0) is 25.3 Å². The molecule has 3 aromatic rings. The molecule has 9 heteroatoms. The van der Waals surface area contributed by atoms with E-state index in [1.165, 1.54) is 4.57 Å². The summed E-state index contributed by atoms with van der Waals surface area (Å²) in [7, 11) is 0. The van der Waals surface area contributed by atoms with E-state index in [-0.39, 0.29) is 29.7 Å². The molecule has 1 unspecified atom stereocenters. The molecule has 3 heterocycles. The lowest BCUT2D eigenvalue weighted by Gasteiger charge is -2.31. The lowest BCUT2D eigenvalue weighted by atomic mass is 10.1. The molecule has 4 rings (SSSR count). The van der Waals surface area contributed by atoms with Crippen molar-refractivity contribution in [2.45, 2.75) is 38.9 Å². The van der Waals surface area contributed by atoms with Crippen molar-refractivity contribution in [2.75, 3.05) is 18.0 Å². The second kappa shape index (κ2) is 8.93. The number of fused-ring (bicyclic) bond motifs is 1. The number of benzene rings is 1. The number of rotatable bonds is 4. The molecule has 0 bridgehead atoms. The molecular formula is C23H22N8O. The summed E-state index contributed by atoms with van der Waals surface area (Å²) in [5.41, 5.74) is 7.71. The Hall–Kier alpha value is -4.13. The summed E-state index contributed by atoms with van der Waals surface area (Å²) < 4.78 is 3.14. The molecule has 160 valence electrons. The second-order valence-corrected chi connectivity index (χ2v) is 7.64. The molecule has 0 spiro atoms. The van der Waals surface area contributed by atoms with E-state index in [1.54, 1.807) is 35.8 Å². The highest BCUT2D eigenvalue weighted by atomic mass is 16.1. The lowest BCUT2D eigenvalue weighted by molar-refractivity contribution is 0.496. The summed E-state index contributed by atoms with van der Waals surface area (Å²) >= 11 is 0. The van der Waals surface area contributed by atoms with Gasteiger partial charge in [0.05, 0.1) is 19.7 Å². The Morgan fingerprint density at radius 2 is 1.97 bits per heavy atom. The number of hydrogen-bond donors (Lipinski definition) is 1. The van der Waals surface area contributed by atoms with Crippen molar-refractivity contribution in [3.63, 3.8) is 0 Å². The van der Waals surface area contributed by atoms with Gasteiger partial charge in [-0.15, -0.1) is 17.5 Å². The van der Waals surface area contributed by atoms with Gasteiger partial charge >= 0.3 is 11.5 Å². The van der Waals surface area contributed by atoms with E-state index in [0.717, 1.165) is 24.9 Å². The highest BCUT2D eigenvalue weighted by Gasteiger charge is 2.27. The lowest BCUT2D eigenvalue weighted by Crippen LogP contribution is -2.44. The molecule has 0 saturated carbocycles. The van der Waals surface area contributed by atoms with Crippen LogP contribution in [0.25, 0.3) is 20.9 Å². The number of nitrogens with zero attached hydrogens (tertiary/aromatic N) is 7. The van der Waals surface area contributed by atoms with E-state index < -0.39 is 0 Å². The molecular weight excluding hydrogens is 404 g/mol. The maximum Gasteiger partial charge on any atom is 0.343 e. The van der Waals surface area contributed by atoms with Gasteiger partial charge in [-0.1, -0.05) is 30.2 Å². The molecule has 1 aliphatic heterocycles. The van der Waals surface area contributed by atoms with E-state index in [1.807, 2.05) is 0 Å². The Labute approximate surface area is 185 Å². The Balaban J connectivity index is 1.87. The molecule has 32 heavy (non-hydrogen) atoms. The summed E-state index contributed by atoms with van der Waals surface area (Å²) in [5, 5.41) is 0. The van der Waals surface area contributed by atoms with Crippen molar-refractivity contribution in [1.82, 2.24) is 19.1 Å². The van der Waals surface area contributed by atoms with Crippen molar-refractivity contribution < 1.29 is 0 Å². The minimum Gasteiger partial charge on any atom is -0.396 e. The number of aromatic nitrogens is 4. The van der Waals surface area contributed by atoms with Crippen molar-refractivity contribution in [1.29, 1.82) is 0 Å². The number of nitrogens with two attached hydrogens (primary N) is 1. The van der Waals surface area contributed by atoms with Crippen LogP contribution in [0, 0.1) is 25.0 Å². The van der Waals surface area contributed by atoms with Crippen LogP contribution in [0.3, 0.4) is 0 Å². The van der Waals surface area contributed by atoms with Crippen LogP contribution in [0.5, 0.6) is 0 Å². The predicted molar refractivity (Wildman–Crippen MR) is 123 cm³/mol. The first-order valence-electron chi connectivity index (χ1n) is 10.3. The van der Waals surface area contributed by atoms with Gasteiger partial charge < -0.3 is 15.5 Å². The normalized spacial score (nSPS) is 15.6. The van der Waals surface area contributed by atoms with Gasteiger partial charge in [-0.2, -0.15) is 4.98 Å². The van der Waals surface area contributed by atoms with Crippen molar-refractivity contribution in [2.24, 2.45) is 5.73 Å². The second-order valence-electron chi connectivity index (χ2n) is 7.64. The molecule has 1 aromatic carbocycles. The summed E-state index contributed by atoms with van der Waals surface area (Å²) in [4.78, 5) is 31.5. The molecule has 0 aliphatic carbocycles. The highest BCUT2D eigenvalue weighted by Crippen LogP contribution is 2.24. The number of imidazole rings is 1. The van der Waals surface area contributed by atoms with Gasteiger partial charge in [0.1, 0.15) is 0 Å². The van der Waals surface area contributed by atoms with Crippen LogP contribution in [-0.2, 0) is 13.1 Å². The molecule has 0 radical (unpaired) electrons. The Bertz CT molecular complexity index is 1360. The number of hydrogen-bond acceptors (Lipinski definition) is 5. The SMILES string of the molecule is [C-]#[N+]c1ccc(Cn2c([N+]#[C-])nc3nc(N4CCCC(N)C4)n(CC#CC)c3c2=O)cc1. The smallest absolute Gasteiger partial charge is 0.343 e. The van der Waals surface area contributed by atoms with Crippen LogP contribution in [0.15, 0.2) is 29.1 Å². The fourth-order valence-electron chi connectivity index (χ4n) is 3.92. The highest BCUT2D eigenvalue weighted by molar-refractivity contribution is 5.76. The van der Waals surface area contributed by atoms with Gasteiger partial charge in [-0.25, -0.2) is 9.64 Å². The molecule has 0 amide bonds.